The Morgan fingerprint density at radius 2 is 2.08 bits per heavy atom. The Hall–Kier alpha value is -2.27. The van der Waals surface area contributed by atoms with Gasteiger partial charge in [0.2, 0.25) is 0 Å². The number of benzene rings is 1. The van der Waals surface area contributed by atoms with E-state index in [0.717, 1.165) is 24.4 Å². The number of ether oxygens (including phenoxy) is 1. The largest absolute Gasteiger partial charge is 0.484 e. The molecule has 134 valence electrons. The molecule has 0 unspecified atom stereocenters. The van der Waals surface area contributed by atoms with Gasteiger partial charge in [-0.15, -0.1) is 0 Å². The first-order valence-electron chi connectivity index (χ1n) is 8.96. The highest BCUT2D eigenvalue weighted by Gasteiger charge is 2.24. The summed E-state index contributed by atoms with van der Waals surface area (Å²) in [5, 5.41) is 2.99. The molecule has 0 spiro atoms. The van der Waals surface area contributed by atoms with Crippen molar-refractivity contribution in [2.75, 3.05) is 26.2 Å². The monoisotopic (exact) mass is 342 g/mol. The number of piperidine rings is 1. The third-order valence-electron chi connectivity index (χ3n) is 4.56. The van der Waals surface area contributed by atoms with Gasteiger partial charge in [-0.1, -0.05) is 18.6 Å². The third kappa shape index (κ3) is 5.10. The molecule has 1 atom stereocenters. The van der Waals surface area contributed by atoms with Crippen molar-refractivity contribution in [1.29, 1.82) is 0 Å². The molecule has 1 saturated heterocycles. The number of carbonyl (C=O) groups is 1. The summed E-state index contributed by atoms with van der Waals surface area (Å²) >= 11 is 0. The van der Waals surface area contributed by atoms with Gasteiger partial charge in [-0.3, -0.25) is 9.69 Å². The fourth-order valence-corrected chi connectivity index (χ4v) is 3.24. The topological polar surface area (TPSA) is 54.7 Å². The summed E-state index contributed by atoms with van der Waals surface area (Å²) in [4.78, 5) is 14.6. The van der Waals surface area contributed by atoms with Crippen molar-refractivity contribution in [3.05, 3.63) is 54.0 Å². The molecule has 0 radical (unpaired) electrons. The van der Waals surface area contributed by atoms with Gasteiger partial charge < -0.3 is 14.5 Å². The zero-order valence-electron chi connectivity index (χ0n) is 14.7. The second kappa shape index (κ2) is 8.72. The number of aryl methyl sites for hydroxylation is 1. The van der Waals surface area contributed by atoms with Crippen LogP contribution in [0.25, 0.3) is 0 Å². The zero-order valence-corrected chi connectivity index (χ0v) is 14.7. The summed E-state index contributed by atoms with van der Waals surface area (Å²) in [7, 11) is 0. The Kier molecular flexibility index (Phi) is 6.12. The average Bonchev–Trinajstić information content (AvgIpc) is 3.15. The van der Waals surface area contributed by atoms with Gasteiger partial charge in [-0.05, 0) is 62.7 Å². The summed E-state index contributed by atoms with van der Waals surface area (Å²) in [6, 6.07) is 11.7. The van der Waals surface area contributed by atoms with Crippen molar-refractivity contribution < 1.29 is 13.9 Å². The van der Waals surface area contributed by atoms with E-state index in [-0.39, 0.29) is 18.6 Å². The van der Waals surface area contributed by atoms with Gasteiger partial charge in [-0.2, -0.15) is 0 Å². The molecule has 1 aliphatic heterocycles. The molecule has 1 N–H and O–H groups in total. The van der Waals surface area contributed by atoms with Gasteiger partial charge >= 0.3 is 0 Å². The highest BCUT2D eigenvalue weighted by atomic mass is 16.5. The first kappa shape index (κ1) is 17.5. The highest BCUT2D eigenvalue weighted by molar-refractivity contribution is 5.77. The zero-order chi connectivity index (χ0) is 17.5. The Bertz CT molecular complexity index is 663. The summed E-state index contributed by atoms with van der Waals surface area (Å²) in [5.41, 5.74) is 1.11. The standard InChI is InChI=1S/C20H26N2O3/c1-16-7-5-8-17(13-16)25-15-20(23)21-14-18(19-9-6-12-24-19)22-10-3-2-4-11-22/h5-9,12-13,18H,2-4,10-11,14-15H2,1H3,(H,21,23)/t18-/m0/s1. The van der Waals surface area contributed by atoms with Crippen LogP contribution in [0.3, 0.4) is 0 Å². The molecule has 1 amide bonds. The van der Waals surface area contributed by atoms with Crippen molar-refractivity contribution in [3.63, 3.8) is 0 Å². The number of hydrogen-bond acceptors (Lipinski definition) is 4. The lowest BCUT2D eigenvalue weighted by molar-refractivity contribution is -0.123. The van der Waals surface area contributed by atoms with E-state index >= 15 is 0 Å². The van der Waals surface area contributed by atoms with E-state index in [4.69, 9.17) is 9.15 Å². The van der Waals surface area contributed by atoms with E-state index in [1.54, 1.807) is 6.26 Å². The summed E-state index contributed by atoms with van der Waals surface area (Å²) in [6.07, 6.45) is 5.36. The van der Waals surface area contributed by atoms with E-state index in [9.17, 15) is 4.79 Å². The van der Waals surface area contributed by atoms with Crippen LogP contribution in [0.2, 0.25) is 0 Å². The first-order valence-corrected chi connectivity index (χ1v) is 8.96. The lowest BCUT2D eigenvalue weighted by atomic mass is 10.1. The van der Waals surface area contributed by atoms with Crippen molar-refractivity contribution in [2.24, 2.45) is 0 Å². The Morgan fingerprint density at radius 1 is 1.24 bits per heavy atom. The highest BCUT2D eigenvalue weighted by Crippen LogP contribution is 2.24. The lowest BCUT2D eigenvalue weighted by Gasteiger charge is -2.33. The van der Waals surface area contributed by atoms with E-state index in [2.05, 4.69) is 10.2 Å². The Balaban J connectivity index is 1.52. The maximum Gasteiger partial charge on any atom is 0.258 e. The molecule has 5 nitrogen and oxygen atoms in total. The predicted molar refractivity (Wildman–Crippen MR) is 96.6 cm³/mol. The van der Waals surface area contributed by atoms with Gasteiger partial charge in [0, 0.05) is 6.54 Å². The lowest BCUT2D eigenvalue weighted by Crippen LogP contribution is -2.41. The quantitative estimate of drug-likeness (QED) is 0.839. The van der Waals surface area contributed by atoms with Crippen molar-refractivity contribution >= 4 is 5.91 Å². The van der Waals surface area contributed by atoms with Gasteiger partial charge in [0.1, 0.15) is 11.5 Å². The number of rotatable bonds is 7. The number of likely N-dealkylation sites (tertiary alicyclic amines) is 1. The van der Waals surface area contributed by atoms with Crippen molar-refractivity contribution in [2.45, 2.75) is 32.2 Å². The molecule has 1 aromatic heterocycles. The van der Waals surface area contributed by atoms with Crippen LogP contribution in [-0.4, -0.2) is 37.0 Å². The predicted octanol–water partition coefficient (Wildman–Crippen LogP) is 3.31. The second-order valence-electron chi connectivity index (χ2n) is 6.54. The molecule has 1 fully saturated rings. The maximum absolute atomic E-state index is 12.2. The van der Waals surface area contributed by atoms with E-state index < -0.39 is 0 Å². The van der Waals surface area contributed by atoms with Crippen LogP contribution < -0.4 is 10.1 Å². The molecule has 0 saturated carbocycles. The van der Waals surface area contributed by atoms with Crippen LogP contribution in [0.15, 0.2) is 47.1 Å². The number of amides is 1. The number of hydrogen-bond donors (Lipinski definition) is 1. The van der Waals surface area contributed by atoms with Gasteiger partial charge in [0.05, 0.1) is 12.3 Å². The molecule has 25 heavy (non-hydrogen) atoms. The van der Waals surface area contributed by atoms with Crippen LogP contribution in [-0.2, 0) is 4.79 Å². The molecule has 5 heteroatoms. The fraction of sp³-hybridized carbons (Fsp3) is 0.450. The van der Waals surface area contributed by atoms with Gasteiger partial charge in [0.15, 0.2) is 6.61 Å². The molecule has 2 heterocycles. The normalized spacial score (nSPS) is 16.4. The summed E-state index contributed by atoms with van der Waals surface area (Å²) in [6.45, 7) is 4.64. The van der Waals surface area contributed by atoms with Crippen LogP contribution >= 0.6 is 0 Å². The van der Waals surface area contributed by atoms with Crippen molar-refractivity contribution in [3.8, 4) is 5.75 Å². The number of carbonyl (C=O) groups excluding carboxylic acids is 1. The summed E-state index contributed by atoms with van der Waals surface area (Å²) < 4.78 is 11.2. The van der Waals surface area contributed by atoms with E-state index in [0.29, 0.717) is 12.3 Å². The number of furan rings is 1. The van der Waals surface area contributed by atoms with Gasteiger partial charge in [0.25, 0.3) is 5.91 Å². The minimum Gasteiger partial charge on any atom is -0.484 e. The summed E-state index contributed by atoms with van der Waals surface area (Å²) in [5.74, 6) is 1.51. The maximum atomic E-state index is 12.2. The van der Waals surface area contributed by atoms with Crippen LogP contribution in [0.5, 0.6) is 5.75 Å². The SMILES string of the molecule is Cc1cccc(OCC(=O)NC[C@@H](c2ccco2)N2CCCCC2)c1. The molecule has 2 aromatic rings. The van der Waals surface area contributed by atoms with E-state index in [1.165, 1.54) is 19.3 Å². The molecule has 0 bridgehead atoms. The average molecular weight is 342 g/mol. The van der Waals surface area contributed by atoms with Crippen LogP contribution in [0, 0.1) is 6.92 Å². The molecular weight excluding hydrogens is 316 g/mol. The smallest absolute Gasteiger partial charge is 0.258 e. The third-order valence-corrected chi connectivity index (χ3v) is 4.56. The van der Waals surface area contributed by atoms with Crippen LogP contribution in [0.1, 0.15) is 36.6 Å². The van der Waals surface area contributed by atoms with E-state index in [1.807, 2.05) is 43.3 Å². The fourth-order valence-electron chi connectivity index (χ4n) is 3.24. The Morgan fingerprint density at radius 3 is 2.80 bits per heavy atom. The first-order chi connectivity index (χ1) is 12.2. The van der Waals surface area contributed by atoms with Crippen molar-refractivity contribution in [1.82, 2.24) is 10.2 Å². The molecule has 0 aliphatic carbocycles. The minimum absolute atomic E-state index is 0.0222. The van der Waals surface area contributed by atoms with Crippen LogP contribution in [0.4, 0.5) is 0 Å². The molecule has 3 rings (SSSR count). The number of nitrogens with zero attached hydrogens (tertiary/aromatic N) is 1. The minimum atomic E-state index is -0.116. The molecule has 1 aliphatic rings. The number of nitrogens with one attached hydrogen (secondary N) is 1. The second-order valence-corrected chi connectivity index (χ2v) is 6.54. The van der Waals surface area contributed by atoms with Gasteiger partial charge in [-0.25, -0.2) is 0 Å². The molecule has 1 aromatic carbocycles. The molecular formula is C20H26N2O3. The Labute approximate surface area is 149 Å².